The molecule has 0 heterocycles. The van der Waals surface area contributed by atoms with Crippen LogP contribution in [0.15, 0.2) is 60.8 Å². The van der Waals surface area contributed by atoms with Gasteiger partial charge in [-0.25, -0.2) is 4.57 Å². The zero-order chi connectivity index (χ0) is 44.3. The number of rotatable bonds is 36. The molecular formula is C46H79O13P. The lowest BCUT2D eigenvalue weighted by Gasteiger charge is -2.41. The largest absolute Gasteiger partial charge is 0.472 e. The van der Waals surface area contributed by atoms with E-state index in [4.69, 9.17) is 18.5 Å². The summed E-state index contributed by atoms with van der Waals surface area (Å²) in [6.45, 7) is 3.18. The molecule has 0 bridgehead atoms. The van der Waals surface area contributed by atoms with E-state index >= 15 is 0 Å². The molecule has 60 heavy (non-hydrogen) atoms. The van der Waals surface area contributed by atoms with Gasteiger partial charge >= 0.3 is 19.8 Å². The molecule has 0 aromatic carbocycles. The number of ether oxygens (including phenoxy) is 2. The zero-order valence-corrected chi connectivity index (χ0v) is 37.4. The van der Waals surface area contributed by atoms with Crippen molar-refractivity contribution in [3.8, 4) is 0 Å². The van der Waals surface area contributed by atoms with Gasteiger partial charge in [-0.05, 0) is 70.6 Å². The fraction of sp³-hybridized carbons (Fsp3) is 0.739. The number of unbranched alkanes of at least 4 members (excludes halogenated alkanes) is 14. The number of phosphoric ester groups is 1. The van der Waals surface area contributed by atoms with Gasteiger partial charge in [0.25, 0.3) is 0 Å². The van der Waals surface area contributed by atoms with E-state index in [-0.39, 0.29) is 12.8 Å². The van der Waals surface area contributed by atoms with Gasteiger partial charge in [0.1, 0.15) is 43.2 Å². The summed E-state index contributed by atoms with van der Waals surface area (Å²) in [6, 6.07) is 0. The van der Waals surface area contributed by atoms with Crippen LogP contribution >= 0.6 is 7.82 Å². The average molecular weight is 871 g/mol. The Hall–Kier alpha value is -2.45. The summed E-state index contributed by atoms with van der Waals surface area (Å²) in [6.07, 6.45) is 30.0. The van der Waals surface area contributed by atoms with Gasteiger partial charge in [0.05, 0.1) is 6.61 Å². The lowest BCUT2D eigenvalue weighted by Crippen LogP contribution is -2.64. The standard InChI is InChI=1S/C46H79O13P/c1-3-5-7-9-11-13-15-17-19-20-21-23-24-26-28-30-32-34-39(47)56-36-38(37-57-60(54,55)59-46-44(52)42(50)41(49)43(51)45(46)53)58-40(48)35-33-31-29-27-25-22-18-16-14-12-10-8-6-4-2/h10,12,16-19,21,23,26,28,38,41-46,49-53H,3-9,11,13-15,20,22,24-25,27,29-37H2,1-2H3,(H,54,55)/b12-10+,18-16+,19-17+,23-21+,28-26+/t38-,41?,42-,43?,44?,45?,46?/m0/s1. The third kappa shape index (κ3) is 28.2. The Morgan fingerprint density at radius 2 is 0.933 bits per heavy atom. The minimum atomic E-state index is -5.13. The van der Waals surface area contributed by atoms with E-state index < -0.39 is 75.7 Å². The van der Waals surface area contributed by atoms with E-state index in [1.807, 2.05) is 12.2 Å². The molecule has 0 amide bonds. The van der Waals surface area contributed by atoms with Crippen LogP contribution in [0.1, 0.15) is 162 Å². The first-order chi connectivity index (χ1) is 28.9. The van der Waals surface area contributed by atoms with Crippen LogP contribution in [0, 0.1) is 0 Å². The summed E-state index contributed by atoms with van der Waals surface area (Å²) in [5, 5.41) is 50.1. The maximum absolute atomic E-state index is 12.8. The molecule has 0 aromatic heterocycles. The van der Waals surface area contributed by atoms with Gasteiger partial charge in [-0.2, -0.15) is 0 Å². The molecule has 6 N–H and O–H groups in total. The van der Waals surface area contributed by atoms with E-state index in [2.05, 4.69) is 62.5 Å². The van der Waals surface area contributed by atoms with Crippen LogP contribution in [0.5, 0.6) is 0 Å². The highest BCUT2D eigenvalue weighted by atomic mass is 31.2. The van der Waals surface area contributed by atoms with Crippen LogP contribution in [0.4, 0.5) is 0 Å². The molecule has 13 nitrogen and oxygen atoms in total. The first-order valence-corrected chi connectivity index (χ1v) is 24.1. The maximum atomic E-state index is 12.8. The van der Waals surface area contributed by atoms with E-state index in [9.17, 15) is 44.6 Å². The van der Waals surface area contributed by atoms with Gasteiger partial charge in [0.15, 0.2) is 6.10 Å². The summed E-state index contributed by atoms with van der Waals surface area (Å²) in [4.78, 5) is 35.6. The van der Waals surface area contributed by atoms with E-state index in [0.29, 0.717) is 19.3 Å². The second-order valence-corrected chi connectivity index (χ2v) is 16.9. The van der Waals surface area contributed by atoms with Crippen molar-refractivity contribution in [3.05, 3.63) is 60.8 Å². The molecule has 1 aliphatic rings. The van der Waals surface area contributed by atoms with Crippen molar-refractivity contribution in [2.45, 2.75) is 204 Å². The number of hydrogen-bond acceptors (Lipinski definition) is 12. The SMILES string of the molecule is CCCC/C=C/C/C=C/CCCCCCCC(=O)O[C@@H](COC(=O)CCC/C=C/C/C=C/C/C=C/CCCCCCCC)COP(=O)(O)OC1C(O)C(O)C(O)[C@H](O)C1O. The number of hydrogen-bond donors (Lipinski definition) is 6. The number of esters is 2. The Kier molecular flexibility index (Phi) is 33.4. The molecule has 0 spiro atoms. The topological polar surface area (TPSA) is 210 Å². The van der Waals surface area contributed by atoms with Crippen molar-refractivity contribution < 1.29 is 63.1 Å². The molecule has 1 aliphatic carbocycles. The fourth-order valence-electron chi connectivity index (χ4n) is 6.38. The molecule has 8 atom stereocenters. The van der Waals surface area contributed by atoms with Crippen molar-refractivity contribution in [1.82, 2.24) is 0 Å². The molecule has 0 radical (unpaired) electrons. The van der Waals surface area contributed by atoms with Crippen LogP contribution in [0.25, 0.3) is 0 Å². The number of phosphoric acid groups is 1. The molecule has 0 saturated heterocycles. The molecule has 0 aromatic rings. The summed E-state index contributed by atoms with van der Waals surface area (Å²) < 4.78 is 33.4. The van der Waals surface area contributed by atoms with E-state index in [1.54, 1.807) is 0 Å². The number of aliphatic hydroxyl groups excluding tert-OH is 5. The maximum Gasteiger partial charge on any atom is 0.472 e. The first-order valence-electron chi connectivity index (χ1n) is 22.6. The lowest BCUT2D eigenvalue weighted by atomic mass is 9.85. The monoisotopic (exact) mass is 871 g/mol. The summed E-state index contributed by atoms with van der Waals surface area (Å²) >= 11 is 0. The molecular weight excluding hydrogens is 791 g/mol. The van der Waals surface area contributed by atoms with Crippen LogP contribution in [-0.4, -0.2) is 98.3 Å². The third-order valence-corrected chi connectivity index (χ3v) is 11.1. The minimum absolute atomic E-state index is 0.0675. The van der Waals surface area contributed by atoms with Crippen molar-refractivity contribution in [1.29, 1.82) is 0 Å². The molecule has 14 heteroatoms. The normalized spacial score (nSPS) is 22.7. The first kappa shape index (κ1) is 55.6. The number of carbonyl (C=O) groups excluding carboxylic acids is 2. The predicted octanol–water partition coefficient (Wildman–Crippen LogP) is 8.55. The van der Waals surface area contributed by atoms with Gasteiger partial charge in [0.2, 0.25) is 0 Å². The van der Waals surface area contributed by atoms with Gasteiger partial charge < -0.3 is 39.9 Å². The van der Waals surface area contributed by atoms with Gasteiger partial charge in [-0.3, -0.25) is 18.6 Å². The second-order valence-electron chi connectivity index (χ2n) is 15.5. The van der Waals surface area contributed by atoms with Crippen LogP contribution in [0.3, 0.4) is 0 Å². The Balaban J connectivity index is 2.52. The Morgan fingerprint density at radius 1 is 0.517 bits per heavy atom. The van der Waals surface area contributed by atoms with Crippen LogP contribution in [-0.2, 0) is 32.7 Å². The number of aliphatic hydroxyl groups is 5. The number of carbonyl (C=O) groups is 2. The van der Waals surface area contributed by atoms with Gasteiger partial charge in [-0.1, -0.05) is 139 Å². The third-order valence-electron chi connectivity index (χ3n) is 10.1. The molecule has 0 aliphatic heterocycles. The quantitative estimate of drug-likeness (QED) is 0.0151. The zero-order valence-electron chi connectivity index (χ0n) is 36.5. The van der Waals surface area contributed by atoms with Gasteiger partial charge in [-0.15, -0.1) is 0 Å². The molecule has 1 fully saturated rings. The lowest BCUT2D eigenvalue weighted by molar-refractivity contribution is -0.220. The Bertz CT molecular complexity index is 1280. The number of allylic oxidation sites excluding steroid dienone is 10. The van der Waals surface area contributed by atoms with Crippen molar-refractivity contribution >= 4 is 19.8 Å². The highest BCUT2D eigenvalue weighted by Crippen LogP contribution is 2.47. The van der Waals surface area contributed by atoms with Crippen LogP contribution < -0.4 is 0 Å². The molecule has 6 unspecified atom stereocenters. The Labute approximate surface area is 360 Å². The van der Waals surface area contributed by atoms with Crippen LogP contribution in [0.2, 0.25) is 0 Å². The molecule has 1 saturated carbocycles. The smallest absolute Gasteiger partial charge is 0.462 e. The van der Waals surface area contributed by atoms with Crippen molar-refractivity contribution in [3.63, 3.8) is 0 Å². The summed E-state index contributed by atoms with van der Waals surface area (Å²) in [7, 11) is -5.13. The Morgan fingerprint density at radius 3 is 1.47 bits per heavy atom. The highest BCUT2D eigenvalue weighted by molar-refractivity contribution is 7.47. The summed E-state index contributed by atoms with van der Waals surface area (Å²) in [5.41, 5.74) is 0. The van der Waals surface area contributed by atoms with E-state index in [1.165, 1.54) is 51.4 Å². The fourth-order valence-corrected chi connectivity index (χ4v) is 7.35. The van der Waals surface area contributed by atoms with Gasteiger partial charge in [0, 0.05) is 12.8 Å². The molecule has 1 rings (SSSR count). The summed E-state index contributed by atoms with van der Waals surface area (Å²) in [5.74, 6) is -1.18. The predicted molar refractivity (Wildman–Crippen MR) is 235 cm³/mol. The molecule has 346 valence electrons. The van der Waals surface area contributed by atoms with Crippen molar-refractivity contribution in [2.75, 3.05) is 13.2 Å². The second kappa shape index (κ2) is 36.1. The van der Waals surface area contributed by atoms with E-state index in [0.717, 1.165) is 64.2 Å². The highest BCUT2D eigenvalue weighted by Gasteiger charge is 2.51. The minimum Gasteiger partial charge on any atom is -0.462 e. The average Bonchev–Trinajstić information content (AvgIpc) is 3.23. The van der Waals surface area contributed by atoms with Crippen molar-refractivity contribution in [2.24, 2.45) is 0 Å².